The van der Waals surface area contributed by atoms with E-state index < -0.39 is 0 Å². The topological polar surface area (TPSA) is 55.6 Å². The monoisotopic (exact) mass is 264 g/mol. The van der Waals surface area contributed by atoms with E-state index >= 15 is 0 Å². The molecule has 0 radical (unpaired) electrons. The Bertz CT molecular complexity index is 403. The van der Waals surface area contributed by atoms with E-state index in [4.69, 9.17) is 10.5 Å². The second-order valence-corrected chi connectivity index (χ2v) is 5.07. The van der Waals surface area contributed by atoms with Gasteiger partial charge in [0.15, 0.2) is 0 Å². The maximum atomic E-state index is 11.4. The third kappa shape index (κ3) is 6.25. The SMILES string of the molecule is CC(N)Cc1cccc(OCCCC(=O)N(C)C)c1. The first-order valence-electron chi connectivity index (χ1n) is 6.66. The summed E-state index contributed by atoms with van der Waals surface area (Å²) in [6.45, 7) is 2.54. The number of amides is 1. The molecule has 1 aromatic rings. The first-order chi connectivity index (χ1) is 8.99. The minimum absolute atomic E-state index is 0.134. The minimum Gasteiger partial charge on any atom is -0.494 e. The summed E-state index contributed by atoms with van der Waals surface area (Å²) in [7, 11) is 3.53. The molecule has 0 aliphatic heterocycles. The molecule has 0 aliphatic rings. The molecule has 2 N–H and O–H groups in total. The summed E-state index contributed by atoms with van der Waals surface area (Å²) in [6, 6.07) is 8.10. The fraction of sp³-hybridized carbons (Fsp3) is 0.533. The van der Waals surface area contributed by atoms with Gasteiger partial charge >= 0.3 is 0 Å². The van der Waals surface area contributed by atoms with Gasteiger partial charge in [-0.15, -0.1) is 0 Å². The Balaban J connectivity index is 2.35. The summed E-state index contributed by atoms with van der Waals surface area (Å²) in [4.78, 5) is 13.0. The van der Waals surface area contributed by atoms with Gasteiger partial charge in [-0.1, -0.05) is 12.1 Å². The van der Waals surface area contributed by atoms with Crippen molar-refractivity contribution >= 4 is 5.91 Å². The smallest absolute Gasteiger partial charge is 0.222 e. The lowest BCUT2D eigenvalue weighted by atomic mass is 10.1. The van der Waals surface area contributed by atoms with Crippen molar-refractivity contribution in [3.05, 3.63) is 29.8 Å². The van der Waals surface area contributed by atoms with E-state index in [1.807, 2.05) is 31.2 Å². The molecule has 0 spiro atoms. The van der Waals surface area contributed by atoms with Gasteiger partial charge in [-0.2, -0.15) is 0 Å². The van der Waals surface area contributed by atoms with Crippen molar-refractivity contribution in [3.63, 3.8) is 0 Å². The number of hydrogen-bond acceptors (Lipinski definition) is 3. The molecule has 0 saturated heterocycles. The van der Waals surface area contributed by atoms with E-state index in [0.29, 0.717) is 13.0 Å². The van der Waals surface area contributed by atoms with Crippen LogP contribution in [0.15, 0.2) is 24.3 Å². The molecule has 0 heterocycles. The van der Waals surface area contributed by atoms with Crippen LogP contribution >= 0.6 is 0 Å². The minimum atomic E-state index is 0.134. The molecule has 4 nitrogen and oxygen atoms in total. The number of carbonyl (C=O) groups is 1. The van der Waals surface area contributed by atoms with Crippen molar-refractivity contribution in [2.24, 2.45) is 5.73 Å². The summed E-state index contributed by atoms with van der Waals surface area (Å²) >= 11 is 0. The highest BCUT2D eigenvalue weighted by atomic mass is 16.5. The highest BCUT2D eigenvalue weighted by Crippen LogP contribution is 2.15. The first-order valence-corrected chi connectivity index (χ1v) is 6.66. The summed E-state index contributed by atoms with van der Waals surface area (Å²) in [5.74, 6) is 0.977. The molecular weight excluding hydrogens is 240 g/mol. The lowest BCUT2D eigenvalue weighted by Crippen LogP contribution is -2.21. The van der Waals surface area contributed by atoms with Crippen LogP contribution in [0.25, 0.3) is 0 Å². The zero-order valence-electron chi connectivity index (χ0n) is 12.1. The Kier molecular flexibility index (Phi) is 6.36. The predicted molar refractivity (Wildman–Crippen MR) is 77.2 cm³/mol. The van der Waals surface area contributed by atoms with Gasteiger partial charge < -0.3 is 15.4 Å². The molecular formula is C15H24N2O2. The van der Waals surface area contributed by atoms with Crippen LogP contribution in [-0.2, 0) is 11.2 Å². The molecule has 4 heteroatoms. The molecule has 0 aliphatic carbocycles. The van der Waals surface area contributed by atoms with Crippen molar-refractivity contribution in [3.8, 4) is 5.75 Å². The Morgan fingerprint density at radius 2 is 2.16 bits per heavy atom. The molecule has 1 unspecified atom stereocenters. The van der Waals surface area contributed by atoms with Crippen LogP contribution in [0.4, 0.5) is 0 Å². The van der Waals surface area contributed by atoms with Crippen molar-refractivity contribution in [2.75, 3.05) is 20.7 Å². The highest BCUT2D eigenvalue weighted by molar-refractivity contribution is 5.75. The number of ether oxygens (including phenoxy) is 1. The molecule has 106 valence electrons. The maximum Gasteiger partial charge on any atom is 0.222 e. The summed E-state index contributed by atoms with van der Waals surface area (Å²) in [6.07, 6.45) is 2.09. The van der Waals surface area contributed by atoms with Gasteiger partial charge in [-0.3, -0.25) is 4.79 Å². The second-order valence-electron chi connectivity index (χ2n) is 5.07. The van der Waals surface area contributed by atoms with Gasteiger partial charge in [0.05, 0.1) is 6.61 Å². The van der Waals surface area contributed by atoms with Gasteiger partial charge in [-0.05, 0) is 37.5 Å². The molecule has 1 amide bonds. The summed E-state index contributed by atoms with van der Waals surface area (Å²) in [5, 5.41) is 0. The largest absolute Gasteiger partial charge is 0.494 e. The van der Waals surface area contributed by atoms with Crippen molar-refractivity contribution in [1.29, 1.82) is 0 Å². The molecule has 1 aromatic carbocycles. The Morgan fingerprint density at radius 1 is 1.42 bits per heavy atom. The zero-order valence-corrected chi connectivity index (χ0v) is 12.1. The highest BCUT2D eigenvalue weighted by Gasteiger charge is 2.04. The lowest BCUT2D eigenvalue weighted by molar-refractivity contribution is -0.128. The van der Waals surface area contributed by atoms with E-state index in [-0.39, 0.29) is 11.9 Å². The average molecular weight is 264 g/mol. The van der Waals surface area contributed by atoms with Crippen LogP contribution < -0.4 is 10.5 Å². The fourth-order valence-corrected chi connectivity index (χ4v) is 1.77. The average Bonchev–Trinajstić information content (AvgIpc) is 2.34. The van der Waals surface area contributed by atoms with E-state index in [2.05, 4.69) is 0 Å². The van der Waals surface area contributed by atoms with Crippen molar-refractivity contribution in [1.82, 2.24) is 4.90 Å². The maximum absolute atomic E-state index is 11.4. The molecule has 1 atom stereocenters. The number of benzene rings is 1. The van der Waals surface area contributed by atoms with Gasteiger partial charge in [0.1, 0.15) is 5.75 Å². The molecule has 0 bridgehead atoms. The molecule has 19 heavy (non-hydrogen) atoms. The third-order valence-corrected chi connectivity index (χ3v) is 2.76. The fourth-order valence-electron chi connectivity index (χ4n) is 1.77. The number of carbonyl (C=O) groups excluding carboxylic acids is 1. The van der Waals surface area contributed by atoms with Gasteiger partial charge in [-0.25, -0.2) is 0 Å². The Morgan fingerprint density at radius 3 is 2.79 bits per heavy atom. The van der Waals surface area contributed by atoms with E-state index in [1.54, 1.807) is 19.0 Å². The lowest BCUT2D eigenvalue weighted by Gasteiger charge is -2.11. The van der Waals surface area contributed by atoms with Crippen LogP contribution in [0.3, 0.4) is 0 Å². The van der Waals surface area contributed by atoms with Crippen LogP contribution in [0, 0.1) is 0 Å². The quantitative estimate of drug-likeness (QED) is 0.764. The first kappa shape index (κ1) is 15.5. The number of nitrogens with two attached hydrogens (primary N) is 1. The second kappa shape index (κ2) is 7.79. The van der Waals surface area contributed by atoms with Crippen LogP contribution in [-0.4, -0.2) is 37.6 Å². The Labute approximate surface area is 115 Å². The van der Waals surface area contributed by atoms with E-state index in [0.717, 1.165) is 18.6 Å². The summed E-state index contributed by atoms with van der Waals surface area (Å²) in [5.41, 5.74) is 6.95. The number of nitrogens with zero attached hydrogens (tertiary/aromatic N) is 1. The Hall–Kier alpha value is -1.55. The molecule has 0 aromatic heterocycles. The number of rotatable bonds is 7. The third-order valence-electron chi connectivity index (χ3n) is 2.76. The van der Waals surface area contributed by atoms with Crippen molar-refractivity contribution < 1.29 is 9.53 Å². The zero-order chi connectivity index (χ0) is 14.3. The normalized spacial score (nSPS) is 12.0. The van der Waals surface area contributed by atoms with Crippen molar-refractivity contribution in [2.45, 2.75) is 32.2 Å². The van der Waals surface area contributed by atoms with Crippen LogP contribution in [0.5, 0.6) is 5.75 Å². The van der Waals surface area contributed by atoms with E-state index in [9.17, 15) is 4.79 Å². The molecule has 0 saturated carbocycles. The molecule has 1 rings (SSSR count). The summed E-state index contributed by atoms with van der Waals surface area (Å²) < 4.78 is 5.65. The van der Waals surface area contributed by atoms with E-state index in [1.165, 1.54) is 5.56 Å². The van der Waals surface area contributed by atoms with Crippen LogP contribution in [0.2, 0.25) is 0 Å². The number of hydrogen-bond donors (Lipinski definition) is 1. The van der Waals surface area contributed by atoms with Gasteiger partial charge in [0.25, 0.3) is 0 Å². The molecule has 0 fully saturated rings. The standard InChI is InChI=1S/C15H24N2O2/c1-12(16)10-13-6-4-7-14(11-13)19-9-5-8-15(18)17(2)3/h4,6-7,11-12H,5,8-10,16H2,1-3H3. The van der Waals surface area contributed by atoms with Gasteiger partial charge in [0, 0.05) is 26.6 Å². The van der Waals surface area contributed by atoms with Gasteiger partial charge in [0.2, 0.25) is 5.91 Å². The van der Waals surface area contributed by atoms with Crippen LogP contribution in [0.1, 0.15) is 25.3 Å². The predicted octanol–water partition coefficient (Wildman–Crippen LogP) is 1.82.